The fourth-order valence-electron chi connectivity index (χ4n) is 2.89. The molecule has 0 heterocycles. The Hall–Kier alpha value is -2.03. The normalized spacial score (nSPS) is 16.9. The first-order chi connectivity index (χ1) is 10.1. The highest BCUT2D eigenvalue weighted by Gasteiger charge is 2.25. The summed E-state index contributed by atoms with van der Waals surface area (Å²) in [6, 6.07) is 13.4. The fraction of sp³-hybridized carbons (Fsp3) is 0.333. The third-order valence-corrected chi connectivity index (χ3v) is 3.79. The summed E-state index contributed by atoms with van der Waals surface area (Å²) in [5, 5.41) is 3.51. The van der Waals surface area contributed by atoms with Crippen LogP contribution in [0.5, 0.6) is 5.75 Å². The van der Waals surface area contributed by atoms with Crippen LogP contribution in [0.3, 0.4) is 0 Å². The van der Waals surface area contributed by atoms with E-state index in [1.165, 1.54) is 6.07 Å². The third-order valence-electron chi connectivity index (χ3n) is 3.79. The average Bonchev–Trinajstić information content (AvgIpc) is 2.85. The molecule has 1 unspecified atom stereocenters. The smallest absolute Gasteiger partial charge is 0.142 e. The van der Waals surface area contributed by atoms with Crippen molar-refractivity contribution in [1.29, 1.82) is 0 Å². The van der Waals surface area contributed by atoms with Crippen molar-refractivity contribution in [1.82, 2.24) is 0 Å². The molecule has 0 aromatic heterocycles. The number of benzene rings is 2. The first-order valence-electron chi connectivity index (χ1n) is 7.44. The van der Waals surface area contributed by atoms with Crippen LogP contribution >= 0.6 is 0 Å². The van der Waals surface area contributed by atoms with E-state index in [9.17, 15) is 4.39 Å². The van der Waals surface area contributed by atoms with Crippen LogP contribution in [0, 0.1) is 5.82 Å². The van der Waals surface area contributed by atoms with Crippen LogP contribution in [-0.2, 0) is 6.42 Å². The first-order valence-corrected chi connectivity index (χ1v) is 7.44. The fourth-order valence-corrected chi connectivity index (χ4v) is 2.89. The van der Waals surface area contributed by atoms with E-state index >= 15 is 0 Å². The highest BCUT2D eigenvalue weighted by molar-refractivity contribution is 5.58. The molecule has 1 N–H and O–H groups in total. The SMILES string of the molecule is CC(C)Oc1ccccc1NC1CCc2c(F)cccc21. The summed E-state index contributed by atoms with van der Waals surface area (Å²) in [5.41, 5.74) is 2.87. The van der Waals surface area contributed by atoms with Crippen LogP contribution in [0.25, 0.3) is 0 Å². The Balaban J connectivity index is 1.85. The van der Waals surface area contributed by atoms with Crippen molar-refractivity contribution in [3.8, 4) is 5.75 Å². The Bertz CT molecular complexity index is 639. The molecule has 0 saturated heterocycles. The zero-order valence-corrected chi connectivity index (χ0v) is 12.4. The van der Waals surface area contributed by atoms with Crippen LogP contribution in [0.2, 0.25) is 0 Å². The van der Waals surface area contributed by atoms with E-state index in [0.29, 0.717) is 0 Å². The van der Waals surface area contributed by atoms with Crippen LogP contribution in [0.1, 0.15) is 37.4 Å². The van der Waals surface area contributed by atoms with E-state index in [2.05, 4.69) is 5.32 Å². The van der Waals surface area contributed by atoms with Gasteiger partial charge in [-0.05, 0) is 56.0 Å². The molecule has 0 spiro atoms. The topological polar surface area (TPSA) is 21.3 Å². The Kier molecular flexibility index (Phi) is 3.82. The van der Waals surface area contributed by atoms with Gasteiger partial charge in [-0.15, -0.1) is 0 Å². The van der Waals surface area contributed by atoms with Gasteiger partial charge in [-0.2, -0.15) is 0 Å². The van der Waals surface area contributed by atoms with E-state index in [1.54, 1.807) is 6.07 Å². The highest BCUT2D eigenvalue weighted by Crippen LogP contribution is 2.37. The maximum atomic E-state index is 13.8. The van der Waals surface area contributed by atoms with Gasteiger partial charge in [0.15, 0.2) is 0 Å². The zero-order valence-electron chi connectivity index (χ0n) is 12.4. The number of hydrogen-bond donors (Lipinski definition) is 1. The molecule has 1 aliphatic rings. The Morgan fingerprint density at radius 2 is 1.95 bits per heavy atom. The minimum Gasteiger partial charge on any atom is -0.489 e. The number of hydrogen-bond acceptors (Lipinski definition) is 2. The lowest BCUT2D eigenvalue weighted by molar-refractivity contribution is 0.243. The standard InChI is InChI=1S/C18H20FNO/c1-12(2)21-18-9-4-3-8-17(18)20-16-11-10-13-14(16)6-5-7-15(13)19/h3-9,12,16,20H,10-11H2,1-2H3. The van der Waals surface area contributed by atoms with Crippen molar-refractivity contribution in [3.63, 3.8) is 0 Å². The van der Waals surface area contributed by atoms with Crippen molar-refractivity contribution in [2.75, 3.05) is 5.32 Å². The molecule has 1 aliphatic carbocycles. The van der Waals surface area contributed by atoms with E-state index in [1.807, 2.05) is 44.2 Å². The summed E-state index contributed by atoms with van der Waals surface area (Å²) in [5.74, 6) is 0.751. The first kappa shape index (κ1) is 13.9. The molecular weight excluding hydrogens is 265 g/mol. The molecule has 2 aromatic carbocycles. The summed E-state index contributed by atoms with van der Waals surface area (Å²) in [6.07, 6.45) is 1.82. The molecule has 21 heavy (non-hydrogen) atoms. The molecule has 0 bridgehead atoms. The second-order valence-electron chi connectivity index (χ2n) is 5.71. The summed E-state index contributed by atoms with van der Waals surface area (Å²) in [7, 11) is 0. The maximum absolute atomic E-state index is 13.8. The van der Waals surface area contributed by atoms with Crippen molar-refractivity contribution in [3.05, 3.63) is 59.4 Å². The van der Waals surface area contributed by atoms with Gasteiger partial charge in [0.05, 0.1) is 17.8 Å². The van der Waals surface area contributed by atoms with Gasteiger partial charge >= 0.3 is 0 Å². The lowest BCUT2D eigenvalue weighted by Crippen LogP contribution is -2.11. The number of para-hydroxylation sites is 2. The molecule has 2 aromatic rings. The number of fused-ring (bicyclic) bond motifs is 1. The molecule has 0 radical (unpaired) electrons. The van der Waals surface area contributed by atoms with Gasteiger partial charge in [-0.1, -0.05) is 24.3 Å². The van der Waals surface area contributed by atoms with Crippen LogP contribution in [0.15, 0.2) is 42.5 Å². The third kappa shape index (κ3) is 2.87. The molecule has 0 saturated carbocycles. The Morgan fingerprint density at radius 1 is 1.14 bits per heavy atom. The maximum Gasteiger partial charge on any atom is 0.142 e. The molecule has 3 heteroatoms. The number of rotatable bonds is 4. The van der Waals surface area contributed by atoms with Crippen LogP contribution in [0.4, 0.5) is 10.1 Å². The van der Waals surface area contributed by atoms with Gasteiger partial charge in [0, 0.05) is 0 Å². The number of ether oxygens (including phenoxy) is 1. The summed E-state index contributed by atoms with van der Waals surface area (Å²) >= 11 is 0. The predicted octanol–water partition coefficient (Wildman–Crippen LogP) is 4.71. The second-order valence-corrected chi connectivity index (χ2v) is 5.71. The van der Waals surface area contributed by atoms with Crippen molar-refractivity contribution in [2.24, 2.45) is 0 Å². The average molecular weight is 285 g/mol. The molecule has 0 amide bonds. The summed E-state index contributed by atoms with van der Waals surface area (Å²) in [4.78, 5) is 0. The minimum atomic E-state index is -0.0940. The number of nitrogens with one attached hydrogen (secondary N) is 1. The Labute approximate surface area is 125 Å². The van der Waals surface area contributed by atoms with Gasteiger partial charge in [0.25, 0.3) is 0 Å². The van der Waals surface area contributed by atoms with Crippen molar-refractivity contribution >= 4 is 5.69 Å². The summed E-state index contributed by atoms with van der Waals surface area (Å²) in [6.45, 7) is 4.02. The van der Waals surface area contributed by atoms with Gasteiger partial charge in [-0.3, -0.25) is 0 Å². The monoisotopic (exact) mass is 285 g/mol. The van der Waals surface area contributed by atoms with Gasteiger partial charge in [0.1, 0.15) is 11.6 Å². The van der Waals surface area contributed by atoms with E-state index < -0.39 is 0 Å². The lowest BCUT2D eigenvalue weighted by Gasteiger charge is -2.20. The summed E-state index contributed by atoms with van der Waals surface area (Å²) < 4.78 is 19.6. The highest BCUT2D eigenvalue weighted by atomic mass is 19.1. The van der Waals surface area contributed by atoms with Gasteiger partial charge in [-0.25, -0.2) is 4.39 Å². The molecule has 3 rings (SSSR count). The molecular formula is C18H20FNO. The van der Waals surface area contributed by atoms with Crippen LogP contribution < -0.4 is 10.1 Å². The number of anilines is 1. The molecule has 0 fully saturated rings. The molecule has 110 valence electrons. The predicted molar refractivity (Wildman–Crippen MR) is 83.3 cm³/mol. The number of halogens is 1. The second kappa shape index (κ2) is 5.76. The zero-order chi connectivity index (χ0) is 14.8. The largest absolute Gasteiger partial charge is 0.489 e. The van der Waals surface area contributed by atoms with Crippen molar-refractivity contribution in [2.45, 2.75) is 38.8 Å². The van der Waals surface area contributed by atoms with Gasteiger partial charge < -0.3 is 10.1 Å². The van der Waals surface area contributed by atoms with Gasteiger partial charge in [0.2, 0.25) is 0 Å². The molecule has 2 nitrogen and oxygen atoms in total. The van der Waals surface area contributed by atoms with E-state index in [4.69, 9.17) is 4.74 Å². The van der Waals surface area contributed by atoms with Crippen molar-refractivity contribution < 1.29 is 9.13 Å². The minimum absolute atomic E-state index is 0.0940. The molecule has 1 atom stereocenters. The molecule has 0 aliphatic heterocycles. The van der Waals surface area contributed by atoms with Crippen LogP contribution in [-0.4, -0.2) is 6.10 Å². The quantitative estimate of drug-likeness (QED) is 0.878. The van der Waals surface area contributed by atoms with E-state index in [-0.39, 0.29) is 18.0 Å². The lowest BCUT2D eigenvalue weighted by atomic mass is 10.1. The van der Waals surface area contributed by atoms with E-state index in [0.717, 1.165) is 35.4 Å². The Morgan fingerprint density at radius 3 is 2.76 bits per heavy atom.